The Kier molecular flexibility index (Phi) is 4.19. The first-order valence-electron chi connectivity index (χ1n) is 7.42. The summed E-state index contributed by atoms with van der Waals surface area (Å²) >= 11 is 0. The van der Waals surface area contributed by atoms with E-state index >= 15 is 0 Å². The van der Waals surface area contributed by atoms with Crippen molar-refractivity contribution in [2.24, 2.45) is 16.6 Å². The third kappa shape index (κ3) is 3.60. The topological polar surface area (TPSA) is 55.1 Å². The number of rotatable bonds is 5. The minimum absolute atomic E-state index is 0.0627. The van der Waals surface area contributed by atoms with Crippen molar-refractivity contribution in [3.05, 3.63) is 35.9 Å². The van der Waals surface area contributed by atoms with Crippen molar-refractivity contribution >= 4 is 5.91 Å². The largest absolute Gasteiger partial charge is 0.349 e. The molecule has 3 N–H and O–H groups in total. The van der Waals surface area contributed by atoms with E-state index in [2.05, 4.69) is 38.2 Å². The van der Waals surface area contributed by atoms with Crippen LogP contribution in [0.3, 0.4) is 0 Å². The fraction of sp³-hybridized carbons (Fsp3) is 0.588. The average Bonchev–Trinajstić information content (AvgIpc) is 3.18. The van der Waals surface area contributed by atoms with Gasteiger partial charge in [0.15, 0.2) is 0 Å². The van der Waals surface area contributed by atoms with Gasteiger partial charge in [0.25, 0.3) is 0 Å². The van der Waals surface area contributed by atoms with Crippen molar-refractivity contribution in [3.63, 3.8) is 0 Å². The molecule has 20 heavy (non-hydrogen) atoms. The van der Waals surface area contributed by atoms with Gasteiger partial charge in [-0.2, -0.15) is 0 Å². The van der Waals surface area contributed by atoms with Crippen LogP contribution in [-0.4, -0.2) is 12.5 Å². The molecule has 1 aromatic carbocycles. The maximum atomic E-state index is 12.4. The van der Waals surface area contributed by atoms with Crippen molar-refractivity contribution in [2.75, 3.05) is 6.54 Å². The van der Waals surface area contributed by atoms with Crippen LogP contribution in [0.4, 0.5) is 0 Å². The predicted octanol–water partition coefficient (Wildman–Crippen LogP) is 3.02. The van der Waals surface area contributed by atoms with Gasteiger partial charge in [0.1, 0.15) is 0 Å². The van der Waals surface area contributed by atoms with Gasteiger partial charge in [-0.25, -0.2) is 0 Å². The summed E-state index contributed by atoms with van der Waals surface area (Å²) in [5.74, 6) is 0.123. The number of nitrogens with two attached hydrogens (primary N) is 1. The number of benzene rings is 1. The van der Waals surface area contributed by atoms with E-state index in [4.69, 9.17) is 5.73 Å². The summed E-state index contributed by atoms with van der Waals surface area (Å²) in [4.78, 5) is 12.4. The molecule has 1 amide bonds. The van der Waals surface area contributed by atoms with Crippen molar-refractivity contribution in [2.45, 2.75) is 46.1 Å². The minimum Gasteiger partial charge on any atom is -0.349 e. The number of nitrogens with one attached hydrogen (secondary N) is 1. The molecule has 0 saturated heterocycles. The Morgan fingerprint density at radius 2 is 1.90 bits per heavy atom. The highest BCUT2D eigenvalue weighted by Gasteiger charge is 2.49. The molecule has 2 rings (SSSR count). The molecule has 3 heteroatoms. The van der Waals surface area contributed by atoms with Gasteiger partial charge in [-0.1, -0.05) is 51.1 Å². The number of amides is 1. The highest BCUT2D eigenvalue weighted by Crippen LogP contribution is 2.45. The molecule has 0 spiro atoms. The monoisotopic (exact) mass is 274 g/mol. The summed E-state index contributed by atoms with van der Waals surface area (Å²) in [5.41, 5.74) is 6.79. The molecule has 3 nitrogen and oxygen atoms in total. The first-order valence-corrected chi connectivity index (χ1v) is 7.42. The third-order valence-corrected chi connectivity index (χ3v) is 4.05. The van der Waals surface area contributed by atoms with Crippen LogP contribution in [0.5, 0.6) is 0 Å². The summed E-state index contributed by atoms with van der Waals surface area (Å²) in [6.07, 6.45) is 2.77. The molecule has 0 aromatic heterocycles. The molecule has 1 aliphatic carbocycles. The molecule has 0 heterocycles. The standard InChI is InChI=1S/C17H26N2O/c1-16(2,3)11-14(13-7-5-4-6-8-13)19-15(20)17(12-18)9-10-17/h4-8,14H,9-12,18H2,1-3H3,(H,19,20). The lowest BCUT2D eigenvalue weighted by atomic mass is 9.85. The Labute approximate surface area is 121 Å². The van der Waals surface area contributed by atoms with E-state index in [0.29, 0.717) is 6.54 Å². The van der Waals surface area contributed by atoms with Crippen LogP contribution in [0.15, 0.2) is 30.3 Å². The van der Waals surface area contributed by atoms with E-state index in [0.717, 1.165) is 19.3 Å². The molecule has 0 bridgehead atoms. The zero-order valence-corrected chi connectivity index (χ0v) is 12.8. The number of carbonyl (C=O) groups excluding carboxylic acids is 1. The SMILES string of the molecule is CC(C)(C)CC(NC(=O)C1(CN)CC1)c1ccccc1. The highest BCUT2D eigenvalue weighted by molar-refractivity contribution is 5.85. The van der Waals surface area contributed by atoms with Crippen LogP contribution < -0.4 is 11.1 Å². The van der Waals surface area contributed by atoms with Crippen LogP contribution in [0, 0.1) is 10.8 Å². The van der Waals surface area contributed by atoms with Gasteiger partial charge in [0.2, 0.25) is 5.91 Å². The second-order valence-corrected chi connectivity index (χ2v) is 7.19. The van der Waals surface area contributed by atoms with Crippen LogP contribution in [0.25, 0.3) is 0 Å². The second-order valence-electron chi connectivity index (χ2n) is 7.19. The van der Waals surface area contributed by atoms with Gasteiger partial charge in [-0.3, -0.25) is 4.79 Å². The summed E-state index contributed by atoms with van der Waals surface area (Å²) in [7, 11) is 0. The van der Waals surface area contributed by atoms with Gasteiger partial charge in [-0.05, 0) is 30.2 Å². The maximum absolute atomic E-state index is 12.4. The Morgan fingerprint density at radius 1 is 1.30 bits per heavy atom. The van der Waals surface area contributed by atoms with E-state index in [-0.39, 0.29) is 22.8 Å². The molecule has 1 aliphatic rings. The van der Waals surface area contributed by atoms with Crippen LogP contribution in [0.2, 0.25) is 0 Å². The fourth-order valence-corrected chi connectivity index (χ4v) is 2.54. The smallest absolute Gasteiger partial charge is 0.227 e. The fourth-order valence-electron chi connectivity index (χ4n) is 2.54. The Balaban J connectivity index is 2.13. The molecule has 110 valence electrons. The van der Waals surface area contributed by atoms with Gasteiger partial charge in [-0.15, -0.1) is 0 Å². The molecule has 1 aromatic rings. The molecule has 0 aliphatic heterocycles. The zero-order valence-electron chi connectivity index (χ0n) is 12.8. The Morgan fingerprint density at radius 3 is 2.35 bits per heavy atom. The molecular weight excluding hydrogens is 248 g/mol. The predicted molar refractivity (Wildman–Crippen MR) is 82.1 cm³/mol. The van der Waals surface area contributed by atoms with E-state index in [9.17, 15) is 4.79 Å². The molecule has 1 atom stereocenters. The van der Waals surface area contributed by atoms with E-state index in [1.165, 1.54) is 5.56 Å². The van der Waals surface area contributed by atoms with Gasteiger partial charge in [0, 0.05) is 6.54 Å². The van der Waals surface area contributed by atoms with E-state index < -0.39 is 0 Å². The average molecular weight is 274 g/mol. The van der Waals surface area contributed by atoms with Crippen molar-refractivity contribution < 1.29 is 4.79 Å². The van der Waals surface area contributed by atoms with Gasteiger partial charge in [0.05, 0.1) is 11.5 Å². The van der Waals surface area contributed by atoms with Crippen molar-refractivity contribution in [1.82, 2.24) is 5.32 Å². The number of hydrogen-bond acceptors (Lipinski definition) is 2. The number of hydrogen-bond donors (Lipinski definition) is 2. The molecular formula is C17H26N2O. The van der Waals surface area contributed by atoms with Crippen molar-refractivity contribution in [3.8, 4) is 0 Å². The molecule has 0 radical (unpaired) electrons. The molecule has 1 saturated carbocycles. The number of carbonyl (C=O) groups is 1. The van der Waals surface area contributed by atoms with E-state index in [1.807, 2.05) is 18.2 Å². The van der Waals surface area contributed by atoms with Crippen molar-refractivity contribution in [1.29, 1.82) is 0 Å². The highest BCUT2D eigenvalue weighted by atomic mass is 16.2. The quantitative estimate of drug-likeness (QED) is 0.867. The minimum atomic E-state index is -0.287. The summed E-state index contributed by atoms with van der Waals surface area (Å²) in [6, 6.07) is 10.3. The van der Waals surface area contributed by atoms with E-state index in [1.54, 1.807) is 0 Å². The van der Waals surface area contributed by atoms with Crippen LogP contribution in [0.1, 0.15) is 51.6 Å². The Hall–Kier alpha value is -1.35. The second kappa shape index (κ2) is 5.57. The van der Waals surface area contributed by atoms with Crippen LogP contribution >= 0.6 is 0 Å². The zero-order chi connectivity index (χ0) is 14.8. The first kappa shape index (κ1) is 15.0. The Bertz CT molecular complexity index is 458. The van der Waals surface area contributed by atoms with Gasteiger partial charge >= 0.3 is 0 Å². The lowest BCUT2D eigenvalue weighted by molar-refractivity contribution is -0.127. The summed E-state index contributed by atoms with van der Waals surface area (Å²) in [6.45, 7) is 7.05. The normalized spacial score (nSPS) is 18.4. The lowest BCUT2D eigenvalue weighted by Crippen LogP contribution is -2.39. The lowest BCUT2D eigenvalue weighted by Gasteiger charge is -2.28. The first-order chi connectivity index (χ1) is 9.36. The summed E-state index contributed by atoms with van der Waals surface area (Å²) in [5, 5.41) is 3.22. The molecule has 1 fully saturated rings. The third-order valence-electron chi connectivity index (χ3n) is 4.05. The van der Waals surface area contributed by atoms with Crippen LogP contribution in [-0.2, 0) is 4.79 Å². The maximum Gasteiger partial charge on any atom is 0.227 e. The molecule has 1 unspecified atom stereocenters. The van der Waals surface area contributed by atoms with Gasteiger partial charge < -0.3 is 11.1 Å². The summed E-state index contributed by atoms with van der Waals surface area (Å²) < 4.78 is 0.